The van der Waals surface area contributed by atoms with E-state index in [1.807, 2.05) is 54.6 Å². The molecule has 0 saturated carbocycles. The summed E-state index contributed by atoms with van der Waals surface area (Å²) in [5.74, 6) is 0.874. The highest BCUT2D eigenvalue weighted by molar-refractivity contribution is 7.99. The molecule has 2 N–H and O–H groups in total. The predicted octanol–water partition coefficient (Wildman–Crippen LogP) is 4.75. The molecule has 0 aliphatic heterocycles. The summed E-state index contributed by atoms with van der Waals surface area (Å²) >= 11 is 1.26. The van der Waals surface area contributed by atoms with E-state index < -0.39 is 11.9 Å². The van der Waals surface area contributed by atoms with Crippen LogP contribution in [-0.2, 0) is 11.3 Å². The number of fused-ring (bicyclic) bond motifs is 1. The minimum absolute atomic E-state index is 0.0551. The van der Waals surface area contributed by atoms with Gasteiger partial charge in [-0.3, -0.25) is 10.1 Å². The zero-order chi connectivity index (χ0) is 24.8. The number of nitrogens with one attached hydrogen (secondary N) is 2. The SMILES string of the molecule is CNC(=O)NC(=O)CSc1nnc(-c2cc(-c3ccccc3)nc3ccccc23)n1CCC(C)C. The highest BCUT2D eigenvalue weighted by Gasteiger charge is 2.19. The number of nitrogens with zero attached hydrogens (tertiary/aromatic N) is 4. The molecule has 0 atom stereocenters. The van der Waals surface area contributed by atoms with Gasteiger partial charge in [-0.05, 0) is 24.5 Å². The average Bonchev–Trinajstić information content (AvgIpc) is 3.28. The number of para-hydroxylation sites is 1. The minimum atomic E-state index is -0.533. The molecule has 0 fully saturated rings. The number of imide groups is 1. The first-order valence-corrected chi connectivity index (χ1v) is 12.5. The van der Waals surface area contributed by atoms with Crippen molar-refractivity contribution >= 4 is 34.6 Å². The first-order valence-electron chi connectivity index (χ1n) is 11.5. The lowest BCUT2D eigenvalue weighted by Gasteiger charge is -2.14. The monoisotopic (exact) mass is 488 g/mol. The fourth-order valence-corrected chi connectivity index (χ4v) is 4.42. The van der Waals surface area contributed by atoms with Crippen LogP contribution in [0.4, 0.5) is 4.79 Å². The molecule has 8 nitrogen and oxygen atoms in total. The van der Waals surface area contributed by atoms with Gasteiger partial charge in [-0.1, -0.05) is 74.1 Å². The largest absolute Gasteiger partial charge is 0.341 e. The lowest BCUT2D eigenvalue weighted by atomic mass is 10.0. The van der Waals surface area contributed by atoms with Gasteiger partial charge in [0.2, 0.25) is 5.91 Å². The van der Waals surface area contributed by atoms with Crippen LogP contribution in [-0.4, -0.2) is 44.5 Å². The minimum Gasteiger partial charge on any atom is -0.341 e. The third-order valence-corrected chi connectivity index (χ3v) is 6.45. The Bertz CT molecular complexity index is 1340. The number of benzene rings is 2. The molecule has 4 rings (SSSR count). The summed E-state index contributed by atoms with van der Waals surface area (Å²) in [4.78, 5) is 28.5. The molecule has 2 aromatic carbocycles. The second-order valence-corrected chi connectivity index (χ2v) is 9.44. The average molecular weight is 489 g/mol. The molecule has 9 heteroatoms. The van der Waals surface area contributed by atoms with Crippen molar-refractivity contribution < 1.29 is 9.59 Å². The zero-order valence-electron chi connectivity index (χ0n) is 20.0. The predicted molar refractivity (Wildman–Crippen MR) is 139 cm³/mol. The van der Waals surface area contributed by atoms with Crippen LogP contribution in [0.1, 0.15) is 20.3 Å². The number of pyridine rings is 1. The lowest BCUT2D eigenvalue weighted by molar-refractivity contribution is -0.117. The summed E-state index contributed by atoms with van der Waals surface area (Å²) in [6, 6.07) is 19.6. The van der Waals surface area contributed by atoms with E-state index in [-0.39, 0.29) is 5.75 Å². The van der Waals surface area contributed by atoms with Gasteiger partial charge in [-0.25, -0.2) is 9.78 Å². The van der Waals surface area contributed by atoms with Crippen LogP contribution in [0.5, 0.6) is 0 Å². The first-order chi connectivity index (χ1) is 17.0. The van der Waals surface area contributed by atoms with Gasteiger partial charge in [-0.15, -0.1) is 10.2 Å². The van der Waals surface area contributed by atoms with E-state index in [2.05, 4.69) is 45.3 Å². The van der Waals surface area contributed by atoms with E-state index in [1.54, 1.807) is 0 Å². The Morgan fingerprint density at radius 3 is 2.51 bits per heavy atom. The Balaban J connectivity index is 1.76. The Morgan fingerprint density at radius 1 is 1.03 bits per heavy atom. The molecule has 4 aromatic rings. The van der Waals surface area contributed by atoms with Crippen molar-refractivity contribution in [2.24, 2.45) is 5.92 Å². The molecule has 0 aliphatic carbocycles. The third kappa shape index (κ3) is 5.86. The fourth-order valence-electron chi connectivity index (χ4n) is 3.66. The molecule has 0 aliphatic rings. The van der Waals surface area contributed by atoms with Crippen molar-refractivity contribution in [3.63, 3.8) is 0 Å². The number of urea groups is 1. The van der Waals surface area contributed by atoms with Crippen LogP contribution in [0, 0.1) is 5.92 Å². The van der Waals surface area contributed by atoms with Crippen LogP contribution >= 0.6 is 11.8 Å². The summed E-state index contributed by atoms with van der Waals surface area (Å²) in [6.45, 7) is 5.04. The van der Waals surface area contributed by atoms with Gasteiger partial charge in [-0.2, -0.15) is 0 Å². The molecule has 35 heavy (non-hydrogen) atoms. The number of amides is 3. The topological polar surface area (TPSA) is 102 Å². The molecule has 3 amide bonds. The number of rotatable bonds is 8. The maximum absolute atomic E-state index is 12.2. The first kappa shape index (κ1) is 24.4. The van der Waals surface area contributed by atoms with Gasteiger partial charge < -0.3 is 9.88 Å². The van der Waals surface area contributed by atoms with E-state index >= 15 is 0 Å². The van der Waals surface area contributed by atoms with Gasteiger partial charge in [0.1, 0.15) is 0 Å². The van der Waals surface area contributed by atoms with Crippen molar-refractivity contribution in [2.75, 3.05) is 12.8 Å². The Kier molecular flexibility index (Phi) is 7.77. The molecule has 0 saturated heterocycles. The van der Waals surface area contributed by atoms with Gasteiger partial charge in [0.25, 0.3) is 0 Å². The van der Waals surface area contributed by atoms with E-state index in [1.165, 1.54) is 18.8 Å². The number of carbonyl (C=O) groups excluding carboxylic acids is 2. The summed E-state index contributed by atoms with van der Waals surface area (Å²) in [6.07, 6.45) is 0.928. The third-order valence-electron chi connectivity index (χ3n) is 5.49. The molecule has 180 valence electrons. The summed E-state index contributed by atoms with van der Waals surface area (Å²) < 4.78 is 2.06. The molecule has 0 spiro atoms. The molecular formula is C26H28N6O2S. The smallest absolute Gasteiger partial charge is 0.321 e. The van der Waals surface area contributed by atoms with E-state index in [4.69, 9.17) is 4.98 Å². The summed E-state index contributed by atoms with van der Waals surface area (Å²) in [5, 5.41) is 15.3. The summed E-state index contributed by atoms with van der Waals surface area (Å²) in [7, 11) is 1.47. The molecule has 0 bridgehead atoms. The van der Waals surface area contributed by atoms with Crippen LogP contribution in [0.2, 0.25) is 0 Å². The maximum atomic E-state index is 12.2. The van der Waals surface area contributed by atoms with Crippen molar-refractivity contribution in [3.8, 4) is 22.6 Å². The second kappa shape index (κ2) is 11.1. The van der Waals surface area contributed by atoms with Gasteiger partial charge in [0.15, 0.2) is 11.0 Å². The van der Waals surface area contributed by atoms with Crippen molar-refractivity contribution in [3.05, 3.63) is 60.7 Å². The van der Waals surface area contributed by atoms with Crippen LogP contribution in [0.15, 0.2) is 65.8 Å². The van der Waals surface area contributed by atoms with Crippen LogP contribution in [0.3, 0.4) is 0 Å². The Labute approximate surface area is 208 Å². The van der Waals surface area contributed by atoms with Gasteiger partial charge in [0.05, 0.1) is 17.0 Å². The highest BCUT2D eigenvalue weighted by atomic mass is 32.2. The number of aromatic nitrogens is 4. The quantitative estimate of drug-likeness (QED) is 0.347. The number of hydrogen-bond acceptors (Lipinski definition) is 6. The van der Waals surface area contributed by atoms with E-state index in [0.717, 1.165) is 40.0 Å². The fraction of sp³-hybridized carbons (Fsp3) is 0.269. The van der Waals surface area contributed by atoms with Crippen molar-refractivity contribution in [2.45, 2.75) is 32.0 Å². The number of thioether (sulfide) groups is 1. The highest BCUT2D eigenvalue weighted by Crippen LogP contribution is 2.33. The normalized spacial score (nSPS) is 11.1. The standard InChI is InChI=1S/C26H28N6O2S/c1-17(2)13-14-32-24(30-31-26(32)35-16-23(33)29-25(34)27-3)20-15-22(18-9-5-4-6-10-18)28-21-12-8-7-11-19(20)21/h4-12,15,17H,13-14,16H2,1-3H3,(H2,27,29,33,34). The summed E-state index contributed by atoms with van der Waals surface area (Å²) in [5.41, 5.74) is 3.69. The van der Waals surface area contributed by atoms with Crippen molar-refractivity contribution in [1.29, 1.82) is 0 Å². The molecule has 0 unspecified atom stereocenters. The van der Waals surface area contributed by atoms with Gasteiger partial charge in [0, 0.05) is 30.1 Å². The Morgan fingerprint density at radius 2 is 1.77 bits per heavy atom. The Hall–Kier alpha value is -3.72. The van der Waals surface area contributed by atoms with Gasteiger partial charge >= 0.3 is 6.03 Å². The zero-order valence-corrected chi connectivity index (χ0v) is 20.8. The molecule has 0 radical (unpaired) electrons. The second-order valence-electron chi connectivity index (χ2n) is 8.49. The maximum Gasteiger partial charge on any atom is 0.321 e. The van der Waals surface area contributed by atoms with Crippen molar-refractivity contribution in [1.82, 2.24) is 30.4 Å². The number of carbonyl (C=O) groups is 2. The molecule has 2 heterocycles. The number of hydrogen-bond donors (Lipinski definition) is 2. The van der Waals surface area contributed by atoms with Crippen LogP contribution in [0.25, 0.3) is 33.5 Å². The van der Waals surface area contributed by atoms with E-state index in [0.29, 0.717) is 17.6 Å². The van der Waals surface area contributed by atoms with Crippen LogP contribution < -0.4 is 10.6 Å². The molecule has 2 aromatic heterocycles. The molecular weight excluding hydrogens is 460 g/mol. The van der Waals surface area contributed by atoms with E-state index in [9.17, 15) is 9.59 Å². The lowest BCUT2D eigenvalue weighted by Crippen LogP contribution is -2.38.